The van der Waals surface area contributed by atoms with E-state index in [4.69, 9.17) is 4.99 Å². The van der Waals surface area contributed by atoms with Gasteiger partial charge in [-0.05, 0) is 50.2 Å². The van der Waals surface area contributed by atoms with Crippen molar-refractivity contribution in [1.82, 2.24) is 4.90 Å². The van der Waals surface area contributed by atoms with Crippen LogP contribution in [0.2, 0.25) is 0 Å². The van der Waals surface area contributed by atoms with Crippen molar-refractivity contribution in [3.05, 3.63) is 76.9 Å². The van der Waals surface area contributed by atoms with Gasteiger partial charge in [-0.1, -0.05) is 81.5 Å². The molecule has 1 heterocycles. The van der Waals surface area contributed by atoms with Crippen LogP contribution in [0.25, 0.3) is 0 Å². The van der Waals surface area contributed by atoms with Gasteiger partial charge in [-0.15, -0.1) is 5.73 Å². The third-order valence-corrected chi connectivity index (χ3v) is 6.71. The predicted octanol–water partition coefficient (Wildman–Crippen LogP) is 7.91. The first-order valence-corrected chi connectivity index (χ1v) is 12.2. The minimum absolute atomic E-state index is 0.871. The van der Waals surface area contributed by atoms with Crippen molar-refractivity contribution < 1.29 is 0 Å². The van der Waals surface area contributed by atoms with Crippen LogP contribution in [0.4, 0.5) is 0 Å². The highest BCUT2D eigenvalue weighted by Gasteiger charge is 2.19. The number of aryl methyl sites for hydroxylation is 1. The summed E-state index contributed by atoms with van der Waals surface area (Å²) >= 11 is 0. The molecular formula is C29H40N2. The zero-order valence-corrected chi connectivity index (χ0v) is 19.9. The van der Waals surface area contributed by atoms with Crippen LogP contribution in [0.5, 0.6) is 0 Å². The van der Waals surface area contributed by atoms with E-state index in [1.54, 1.807) is 0 Å². The molecule has 1 aromatic rings. The molecule has 2 heteroatoms. The molecule has 0 spiro atoms. The van der Waals surface area contributed by atoms with E-state index < -0.39 is 0 Å². The molecule has 0 saturated heterocycles. The molecule has 0 radical (unpaired) electrons. The summed E-state index contributed by atoms with van der Waals surface area (Å²) in [4.78, 5) is 7.59. The highest BCUT2D eigenvalue weighted by molar-refractivity contribution is 5.89. The Hall–Kier alpha value is -2.31. The molecule has 1 fully saturated rings. The van der Waals surface area contributed by atoms with Crippen LogP contribution in [0.1, 0.15) is 82.3 Å². The maximum Gasteiger partial charge on any atom is 0.0639 e. The first-order valence-electron chi connectivity index (χ1n) is 12.2. The van der Waals surface area contributed by atoms with Gasteiger partial charge in [0.05, 0.1) is 17.1 Å². The van der Waals surface area contributed by atoms with Gasteiger partial charge in [-0.3, -0.25) is 4.99 Å². The first-order chi connectivity index (χ1) is 15.1. The van der Waals surface area contributed by atoms with Crippen LogP contribution in [0.15, 0.2) is 70.8 Å². The van der Waals surface area contributed by atoms with Crippen molar-refractivity contribution in [1.29, 1.82) is 0 Å². The number of likely N-dealkylation sites (N-methyl/N-ethyl adjacent to an activating group) is 1. The Labute approximate surface area is 190 Å². The van der Waals surface area contributed by atoms with Crippen LogP contribution < -0.4 is 0 Å². The zero-order valence-electron chi connectivity index (χ0n) is 19.9. The van der Waals surface area contributed by atoms with Gasteiger partial charge in [-0.25, -0.2) is 0 Å². The molecule has 31 heavy (non-hydrogen) atoms. The molecule has 1 aliphatic carbocycles. The van der Waals surface area contributed by atoms with Gasteiger partial charge in [0.1, 0.15) is 0 Å². The molecule has 0 amide bonds. The van der Waals surface area contributed by atoms with E-state index >= 15 is 0 Å². The number of rotatable bonds is 10. The van der Waals surface area contributed by atoms with E-state index in [0.717, 1.165) is 31.6 Å². The van der Waals surface area contributed by atoms with E-state index in [-0.39, 0.29) is 0 Å². The fourth-order valence-corrected chi connectivity index (χ4v) is 4.86. The van der Waals surface area contributed by atoms with Crippen molar-refractivity contribution in [3.8, 4) is 0 Å². The number of allylic oxidation sites excluding steroid dienone is 4. The van der Waals surface area contributed by atoms with Gasteiger partial charge in [0, 0.05) is 25.6 Å². The lowest BCUT2D eigenvalue weighted by Gasteiger charge is -2.24. The number of benzene rings is 1. The quantitative estimate of drug-likeness (QED) is 0.354. The minimum Gasteiger partial charge on any atom is -0.340 e. The van der Waals surface area contributed by atoms with Gasteiger partial charge in [0.15, 0.2) is 0 Å². The summed E-state index contributed by atoms with van der Waals surface area (Å²) in [6.07, 6.45) is 17.7. The molecule has 0 N–H and O–H groups in total. The number of aliphatic imine (C=N–C) groups is 1. The van der Waals surface area contributed by atoms with Crippen LogP contribution in [-0.2, 0) is 6.42 Å². The predicted molar refractivity (Wildman–Crippen MR) is 134 cm³/mol. The third kappa shape index (κ3) is 6.84. The summed E-state index contributed by atoms with van der Waals surface area (Å²) in [7, 11) is 2.17. The Bertz CT molecular complexity index is 874. The van der Waals surface area contributed by atoms with E-state index in [0.29, 0.717) is 0 Å². The lowest BCUT2D eigenvalue weighted by molar-refractivity contribution is 0.475. The van der Waals surface area contributed by atoms with Crippen molar-refractivity contribution in [2.24, 2.45) is 10.9 Å². The Morgan fingerprint density at radius 3 is 2.77 bits per heavy atom. The molecule has 0 unspecified atom stereocenters. The lowest BCUT2D eigenvalue weighted by Crippen LogP contribution is -2.17. The van der Waals surface area contributed by atoms with E-state index in [2.05, 4.69) is 74.5 Å². The Kier molecular flexibility index (Phi) is 8.98. The average molecular weight is 417 g/mol. The Balaban J connectivity index is 1.88. The molecule has 1 aromatic carbocycles. The number of hydrogen-bond acceptors (Lipinski definition) is 2. The molecule has 1 aliphatic heterocycles. The molecule has 1 saturated carbocycles. The summed E-state index contributed by atoms with van der Waals surface area (Å²) in [5, 5.41) is 0. The molecule has 166 valence electrons. The van der Waals surface area contributed by atoms with Crippen molar-refractivity contribution in [3.63, 3.8) is 0 Å². The lowest BCUT2D eigenvalue weighted by atomic mass is 9.99. The van der Waals surface area contributed by atoms with Gasteiger partial charge < -0.3 is 4.90 Å². The highest BCUT2D eigenvalue weighted by Crippen LogP contribution is 2.32. The number of unbranched alkanes of at least 4 members (excludes halogenated alkanes) is 1. The first kappa shape index (κ1) is 23.4. The smallest absolute Gasteiger partial charge is 0.0639 e. The molecule has 0 atom stereocenters. The van der Waals surface area contributed by atoms with Gasteiger partial charge >= 0.3 is 0 Å². The second-order valence-corrected chi connectivity index (χ2v) is 9.26. The summed E-state index contributed by atoms with van der Waals surface area (Å²) in [6.45, 7) is 8.38. The fraction of sp³-hybridized carbons (Fsp3) is 0.517. The largest absolute Gasteiger partial charge is 0.340 e. The van der Waals surface area contributed by atoms with Crippen molar-refractivity contribution in [2.75, 3.05) is 7.05 Å². The Morgan fingerprint density at radius 1 is 1.26 bits per heavy atom. The standard InChI is InChI=1S/C29H40N2/c1-5-7-17-27(6-2)31(4)29-18-11-16-26(22-25-15-10-12-23(3)21-25)30-28(29)20-19-24-13-8-9-14-24/h10-12,15,18,21,24H,2,5,7-9,13-14,16-17,19-20,22H2,1,3-4H3. The average Bonchev–Trinajstić information content (AvgIpc) is 3.20. The number of hydrogen-bond donors (Lipinski definition) is 0. The second-order valence-electron chi connectivity index (χ2n) is 9.26. The van der Waals surface area contributed by atoms with Crippen LogP contribution in [-0.4, -0.2) is 17.7 Å². The minimum atomic E-state index is 0.871. The van der Waals surface area contributed by atoms with Gasteiger partial charge in [0.25, 0.3) is 0 Å². The highest BCUT2D eigenvalue weighted by atomic mass is 15.1. The number of nitrogens with zero attached hydrogens (tertiary/aromatic N) is 2. The Morgan fingerprint density at radius 2 is 2.06 bits per heavy atom. The summed E-state index contributed by atoms with van der Waals surface area (Å²) < 4.78 is 0. The summed E-state index contributed by atoms with van der Waals surface area (Å²) in [6, 6.07) is 8.83. The summed E-state index contributed by atoms with van der Waals surface area (Å²) in [5.41, 5.74) is 10.8. The van der Waals surface area contributed by atoms with Crippen LogP contribution in [0.3, 0.4) is 0 Å². The zero-order chi connectivity index (χ0) is 22.1. The van der Waals surface area contributed by atoms with Crippen LogP contribution in [0, 0.1) is 12.8 Å². The topological polar surface area (TPSA) is 15.6 Å². The van der Waals surface area contributed by atoms with Gasteiger partial charge in [0.2, 0.25) is 0 Å². The van der Waals surface area contributed by atoms with Crippen molar-refractivity contribution >= 4 is 5.71 Å². The maximum absolute atomic E-state index is 5.29. The molecule has 0 bridgehead atoms. The van der Waals surface area contributed by atoms with E-state index in [1.807, 2.05) is 0 Å². The molecule has 2 nitrogen and oxygen atoms in total. The summed E-state index contributed by atoms with van der Waals surface area (Å²) in [5.74, 6) is 0.871. The van der Waals surface area contributed by atoms with Crippen molar-refractivity contribution in [2.45, 2.75) is 84.5 Å². The monoisotopic (exact) mass is 416 g/mol. The molecule has 3 rings (SSSR count). The van der Waals surface area contributed by atoms with Gasteiger partial charge in [-0.2, -0.15) is 0 Å². The normalized spacial score (nSPS) is 16.8. The fourth-order valence-electron chi connectivity index (χ4n) is 4.86. The molecule has 0 aromatic heterocycles. The van der Waals surface area contributed by atoms with E-state index in [9.17, 15) is 0 Å². The maximum atomic E-state index is 5.29. The second kappa shape index (κ2) is 11.9. The van der Waals surface area contributed by atoms with E-state index in [1.165, 1.54) is 78.9 Å². The van der Waals surface area contributed by atoms with Crippen LogP contribution >= 0.6 is 0 Å². The SMILES string of the molecule is C=C=C(CCCC)N(C)C1=C(CCC2CCCC2)N=C(Cc2cccc(C)c2)CC=C1. The molecule has 2 aliphatic rings. The third-order valence-electron chi connectivity index (χ3n) is 6.71. The molecular weight excluding hydrogens is 376 g/mol.